The van der Waals surface area contributed by atoms with E-state index in [0.29, 0.717) is 17.9 Å². The van der Waals surface area contributed by atoms with Gasteiger partial charge in [0.2, 0.25) is 0 Å². The molecule has 1 aliphatic heterocycles. The molecule has 2 rings (SSSR count). The number of rotatable bonds is 3. The first kappa shape index (κ1) is 14.2. The van der Waals surface area contributed by atoms with Crippen LogP contribution in [-0.2, 0) is 6.42 Å². The van der Waals surface area contributed by atoms with Gasteiger partial charge in [0.05, 0.1) is 0 Å². The van der Waals surface area contributed by atoms with Crippen molar-refractivity contribution in [3.8, 4) is 5.75 Å². The fourth-order valence-corrected chi connectivity index (χ4v) is 2.47. The lowest BCUT2D eigenvalue weighted by Gasteiger charge is -2.17. The predicted molar refractivity (Wildman–Crippen MR) is 67.0 cm³/mol. The van der Waals surface area contributed by atoms with Crippen molar-refractivity contribution in [1.29, 1.82) is 0 Å². The SMILES string of the molecule is FC(F)(F)Oc1ccccc1CC1CCCCNC1. The van der Waals surface area contributed by atoms with Crippen molar-refractivity contribution in [2.24, 2.45) is 5.92 Å². The van der Waals surface area contributed by atoms with Crippen molar-refractivity contribution in [2.45, 2.75) is 32.0 Å². The fraction of sp³-hybridized carbons (Fsp3) is 0.571. The maximum absolute atomic E-state index is 12.3. The van der Waals surface area contributed by atoms with Crippen LogP contribution in [0.5, 0.6) is 5.75 Å². The highest BCUT2D eigenvalue weighted by Crippen LogP contribution is 2.29. The van der Waals surface area contributed by atoms with E-state index >= 15 is 0 Å². The summed E-state index contributed by atoms with van der Waals surface area (Å²) in [6, 6.07) is 6.41. The summed E-state index contributed by atoms with van der Waals surface area (Å²) in [5.74, 6) is 0.305. The molecule has 1 aliphatic rings. The molecule has 0 radical (unpaired) electrons. The number of hydrogen-bond acceptors (Lipinski definition) is 2. The zero-order chi connectivity index (χ0) is 13.7. The number of nitrogens with one attached hydrogen (secondary N) is 1. The van der Waals surface area contributed by atoms with Crippen molar-refractivity contribution < 1.29 is 17.9 Å². The smallest absolute Gasteiger partial charge is 0.406 e. The van der Waals surface area contributed by atoms with Gasteiger partial charge in [-0.05, 0) is 49.9 Å². The van der Waals surface area contributed by atoms with Crippen LogP contribution < -0.4 is 10.1 Å². The standard InChI is InChI=1S/C14H18F3NO/c15-14(16,17)19-13-7-2-1-6-12(13)9-11-5-3-4-8-18-10-11/h1-2,6-7,11,18H,3-5,8-10H2. The van der Waals surface area contributed by atoms with E-state index < -0.39 is 6.36 Å². The molecule has 0 aliphatic carbocycles. The van der Waals surface area contributed by atoms with Gasteiger partial charge in [-0.3, -0.25) is 0 Å². The lowest BCUT2D eigenvalue weighted by Crippen LogP contribution is -2.23. The maximum Gasteiger partial charge on any atom is 0.573 e. The molecule has 0 bridgehead atoms. The molecule has 0 spiro atoms. The molecule has 1 aromatic rings. The molecule has 1 saturated heterocycles. The third-order valence-electron chi connectivity index (χ3n) is 3.36. The van der Waals surface area contributed by atoms with E-state index in [4.69, 9.17) is 0 Å². The highest BCUT2D eigenvalue weighted by molar-refractivity contribution is 5.33. The molecule has 0 amide bonds. The van der Waals surface area contributed by atoms with Crippen LogP contribution in [0, 0.1) is 5.92 Å². The van der Waals surface area contributed by atoms with Crippen molar-refractivity contribution in [1.82, 2.24) is 5.32 Å². The molecule has 0 saturated carbocycles. The topological polar surface area (TPSA) is 21.3 Å². The van der Waals surface area contributed by atoms with Crippen LogP contribution in [0.3, 0.4) is 0 Å². The Hall–Kier alpha value is -1.23. The first-order valence-electron chi connectivity index (χ1n) is 6.59. The Morgan fingerprint density at radius 1 is 1.21 bits per heavy atom. The van der Waals surface area contributed by atoms with Gasteiger partial charge >= 0.3 is 6.36 Å². The monoisotopic (exact) mass is 273 g/mol. The van der Waals surface area contributed by atoms with Gasteiger partial charge in [0, 0.05) is 0 Å². The van der Waals surface area contributed by atoms with Gasteiger partial charge < -0.3 is 10.1 Å². The summed E-state index contributed by atoms with van der Waals surface area (Å²) in [6.07, 6.45) is -0.693. The average molecular weight is 273 g/mol. The van der Waals surface area contributed by atoms with Gasteiger partial charge in [-0.1, -0.05) is 24.6 Å². The highest BCUT2D eigenvalue weighted by atomic mass is 19.4. The van der Waals surface area contributed by atoms with Crippen LogP contribution in [-0.4, -0.2) is 19.5 Å². The van der Waals surface area contributed by atoms with Crippen LogP contribution in [0.4, 0.5) is 13.2 Å². The lowest BCUT2D eigenvalue weighted by molar-refractivity contribution is -0.274. The molecular weight excluding hydrogens is 255 g/mol. The molecule has 106 valence electrons. The number of alkyl halides is 3. The average Bonchev–Trinajstić information content (AvgIpc) is 2.58. The Morgan fingerprint density at radius 3 is 2.79 bits per heavy atom. The third kappa shape index (κ3) is 4.74. The molecule has 0 aromatic heterocycles. The van der Waals surface area contributed by atoms with Crippen molar-refractivity contribution >= 4 is 0 Å². The minimum absolute atomic E-state index is 0.0701. The van der Waals surface area contributed by atoms with Gasteiger partial charge in [-0.25, -0.2) is 0 Å². The van der Waals surface area contributed by atoms with E-state index in [1.54, 1.807) is 18.2 Å². The summed E-state index contributed by atoms with van der Waals surface area (Å²) in [4.78, 5) is 0. The minimum atomic E-state index is -4.63. The minimum Gasteiger partial charge on any atom is -0.406 e. The largest absolute Gasteiger partial charge is 0.573 e. The molecule has 1 heterocycles. The Labute approximate surface area is 111 Å². The second-order valence-corrected chi connectivity index (χ2v) is 4.93. The van der Waals surface area contributed by atoms with E-state index in [-0.39, 0.29) is 5.75 Å². The normalized spacial score (nSPS) is 20.9. The van der Waals surface area contributed by atoms with Gasteiger partial charge in [-0.15, -0.1) is 13.2 Å². The molecule has 1 fully saturated rings. The summed E-state index contributed by atoms with van der Waals surface area (Å²) >= 11 is 0. The Kier molecular flexibility index (Phi) is 4.69. The van der Waals surface area contributed by atoms with E-state index in [9.17, 15) is 13.2 Å². The summed E-state index contributed by atoms with van der Waals surface area (Å²) in [6.45, 7) is 1.86. The first-order valence-corrected chi connectivity index (χ1v) is 6.59. The van der Waals surface area contributed by atoms with Crippen LogP contribution in [0.1, 0.15) is 24.8 Å². The summed E-state index contributed by atoms with van der Waals surface area (Å²) in [5, 5.41) is 3.32. The zero-order valence-electron chi connectivity index (χ0n) is 10.7. The van der Waals surface area contributed by atoms with E-state index in [1.165, 1.54) is 6.07 Å². The fourth-order valence-electron chi connectivity index (χ4n) is 2.47. The Bertz CT molecular complexity index is 398. The first-order chi connectivity index (χ1) is 9.04. The summed E-state index contributed by atoms with van der Waals surface area (Å²) in [5.41, 5.74) is 0.633. The Morgan fingerprint density at radius 2 is 2.00 bits per heavy atom. The number of benzene rings is 1. The van der Waals surface area contributed by atoms with Crippen LogP contribution in [0.25, 0.3) is 0 Å². The van der Waals surface area contributed by atoms with Gasteiger partial charge in [0.1, 0.15) is 5.75 Å². The van der Waals surface area contributed by atoms with Crippen molar-refractivity contribution in [2.75, 3.05) is 13.1 Å². The summed E-state index contributed by atoms with van der Waals surface area (Å²) < 4.78 is 41.1. The van der Waals surface area contributed by atoms with Crippen LogP contribution in [0.2, 0.25) is 0 Å². The van der Waals surface area contributed by atoms with Crippen LogP contribution in [0.15, 0.2) is 24.3 Å². The number of para-hydroxylation sites is 1. The number of hydrogen-bond donors (Lipinski definition) is 1. The molecule has 1 unspecified atom stereocenters. The highest BCUT2D eigenvalue weighted by Gasteiger charge is 2.32. The third-order valence-corrected chi connectivity index (χ3v) is 3.36. The van der Waals surface area contributed by atoms with Gasteiger partial charge in [-0.2, -0.15) is 0 Å². The molecule has 1 N–H and O–H groups in total. The predicted octanol–water partition coefficient (Wildman–Crippen LogP) is 3.52. The van der Waals surface area contributed by atoms with Crippen molar-refractivity contribution in [3.63, 3.8) is 0 Å². The van der Waals surface area contributed by atoms with Crippen molar-refractivity contribution in [3.05, 3.63) is 29.8 Å². The number of ether oxygens (including phenoxy) is 1. The molecule has 1 atom stereocenters. The summed E-state index contributed by atoms with van der Waals surface area (Å²) in [7, 11) is 0. The molecule has 1 aromatic carbocycles. The second-order valence-electron chi connectivity index (χ2n) is 4.93. The molecule has 19 heavy (non-hydrogen) atoms. The van der Waals surface area contributed by atoms with E-state index in [0.717, 1.165) is 32.4 Å². The maximum atomic E-state index is 12.3. The molecule has 2 nitrogen and oxygen atoms in total. The van der Waals surface area contributed by atoms with Gasteiger partial charge in [0.15, 0.2) is 0 Å². The van der Waals surface area contributed by atoms with E-state index in [1.807, 2.05) is 0 Å². The quantitative estimate of drug-likeness (QED) is 0.909. The second kappa shape index (κ2) is 6.28. The number of halogens is 3. The molecular formula is C14H18F3NO. The van der Waals surface area contributed by atoms with Gasteiger partial charge in [0.25, 0.3) is 0 Å². The Balaban J connectivity index is 2.06. The zero-order valence-corrected chi connectivity index (χ0v) is 10.7. The van der Waals surface area contributed by atoms with Crippen LogP contribution >= 0.6 is 0 Å². The van der Waals surface area contributed by atoms with E-state index in [2.05, 4.69) is 10.1 Å². The lowest BCUT2D eigenvalue weighted by atomic mass is 9.94. The molecule has 5 heteroatoms.